The third-order valence-corrected chi connectivity index (χ3v) is 5.26. The fourth-order valence-electron chi connectivity index (χ4n) is 4.05. The van der Waals surface area contributed by atoms with E-state index >= 15 is 0 Å². The molecule has 2 aromatic heterocycles. The molecule has 1 aliphatic rings. The summed E-state index contributed by atoms with van der Waals surface area (Å²) < 4.78 is 1.42. The van der Waals surface area contributed by atoms with Gasteiger partial charge < -0.3 is 4.90 Å². The van der Waals surface area contributed by atoms with Crippen molar-refractivity contribution in [3.8, 4) is 0 Å². The monoisotopic (exact) mass is 372 g/mol. The van der Waals surface area contributed by atoms with Crippen molar-refractivity contribution >= 4 is 16.9 Å². The first-order chi connectivity index (χ1) is 12.7. The van der Waals surface area contributed by atoms with Crippen LogP contribution in [0.1, 0.15) is 63.0 Å². The Labute approximate surface area is 158 Å². The molecule has 1 aliphatic heterocycles. The molecule has 0 aliphatic carbocycles. The zero-order chi connectivity index (χ0) is 19.9. The molecule has 3 rings (SSSR count). The number of pyridine rings is 1. The molecule has 2 atom stereocenters. The minimum atomic E-state index is -0.552. The first-order valence-corrected chi connectivity index (χ1v) is 9.69. The summed E-state index contributed by atoms with van der Waals surface area (Å²) in [5.41, 5.74) is 0.287. The molecule has 0 aromatic carbocycles. The van der Waals surface area contributed by atoms with Gasteiger partial charge in [-0.25, -0.2) is 9.78 Å². The number of carbonyl (C=O) groups excluding carboxylic acids is 1. The lowest BCUT2D eigenvalue weighted by Gasteiger charge is -2.35. The summed E-state index contributed by atoms with van der Waals surface area (Å²) in [7, 11) is 0. The predicted molar refractivity (Wildman–Crippen MR) is 105 cm³/mol. The predicted octanol–water partition coefficient (Wildman–Crippen LogP) is 2.35. The largest absolute Gasteiger partial charge is 0.338 e. The normalized spacial score (nSPS) is 20.4. The molecule has 1 amide bonds. The molecule has 3 heterocycles. The molecule has 7 nitrogen and oxygen atoms in total. The van der Waals surface area contributed by atoms with Crippen molar-refractivity contribution in [2.45, 2.75) is 53.5 Å². The van der Waals surface area contributed by atoms with Gasteiger partial charge in [0.05, 0.1) is 10.9 Å². The van der Waals surface area contributed by atoms with E-state index in [1.165, 1.54) is 4.57 Å². The molecular weight excluding hydrogens is 344 g/mol. The summed E-state index contributed by atoms with van der Waals surface area (Å²) in [5, 5.41) is 0.205. The van der Waals surface area contributed by atoms with Crippen LogP contribution >= 0.6 is 0 Å². The van der Waals surface area contributed by atoms with E-state index < -0.39 is 11.2 Å². The minimum absolute atomic E-state index is 0.0693. The van der Waals surface area contributed by atoms with E-state index in [4.69, 9.17) is 0 Å². The van der Waals surface area contributed by atoms with Gasteiger partial charge in [-0.1, -0.05) is 27.7 Å². The van der Waals surface area contributed by atoms with Gasteiger partial charge in [0.15, 0.2) is 5.65 Å². The second-order valence-electron chi connectivity index (χ2n) is 8.11. The molecule has 146 valence electrons. The summed E-state index contributed by atoms with van der Waals surface area (Å²) in [6.45, 7) is 11.8. The highest BCUT2D eigenvalue weighted by molar-refractivity contribution is 6.05. The van der Waals surface area contributed by atoms with Crippen molar-refractivity contribution in [3.05, 3.63) is 38.2 Å². The number of fused-ring (bicyclic) bond motifs is 1. The maximum atomic E-state index is 13.4. The van der Waals surface area contributed by atoms with Crippen LogP contribution in [0.25, 0.3) is 11.0 Å². The second kappa shape index (κ2) is 7.29. The van der Waals surface area contributed by atoms with Gasteiger partial charge in [0.25, 0.3) is 11.5 Å². The SMILES string of the molecule is CCn1c(=O)[nH]c(=O)c2c(C(=O)N3CC(C)CC(C)C3)cc(C(C)C)nc21. The van der Waals surface area contributed by atoms with Crippen molar-refractivity contribution in [3.63, 3.8) is 0 Å². The van der Waals surface area contributed by atoms with Crippen LogP contribution in [0, 0.1) is 11.8 Å². The first-order valence-electron chi connectivity index (χ1n) is 9.69. The van der Waals surface area contributed by atoms with Gasteiger partial charge in [-0.3, -0.25) is 19.1 Å². The fourth-order valence-corrected chi connectivity index (χ4v) is 4.05. The molecule has 27 heavy (non-hydrogen) atoms. The Morgan fingerprint density at radius 3 is 2.44 bits per heavy atom. The van der Waals surface area contributed by atoms with Crippen molar-refractivity contribution in [2.24, 2.45) is 11.8 Å². The third kappa shape index (κ3) is 3.55. The average molecular weight is 372 g/mol. The number of nitrogens with one attached hydrogen (secondary N) is 1. The zero-order valence-electron chi connectivity index (χ0n) is 16.7. The van der Waals surface area contributed by atoms with Gasteiger partial charge in [-0.2, -0.15) is 0 Å². The Morgan fingerprint density at radius 1 is 1.26 bits per heavy atom. The number of carbonyl (C=O) groups is 1. The van der Waals surface area contributed by atoms with E-state index in [0.717, 1.165) is 6.42 Å². The lowest BCUT2D eigenvalue weighted by atomic mass is 9.91. The summed E-state index contributed by atoms with van der Waals surface area (Å²) in [6.07, 6.45) is 1.09. The van der Waals surface area contributed by atoms with Crippen LogP contribution < -0.4 is 11.2 Å². The number of hydrogen-bond donors (Lipinski definition) is 1. The molecule has 0 saturated carbocycles. The third-order valence-electron chi connectivity index (χ3n) is 5.26. The van der Waals surface area contributed by atoms with Gasteiger partial charge in [-0.05, 0) is 37.2 Å². The van der Waals surface area contributed by atoms with Gasteiger partial charge in [0.1, 0.15) is 0 Å². The van der Waals surface area contributed by atoms with Crippen LogP contribution in [0.5, 0.6) is 0 Å². The number of rotatable bonds is 3. The van der Waals surface area contributed by atoms with E-state index in [0.29, 0.717) is 48.4 Å². The average Bonchev–Trinajstić information content (AvgIpc) is 2.59. The molecular formula is C20H28N4O3. The van der Waals surface area contributed by atoms with Crippen LogP contribution in [-0.4, -0.2) is 38.4 Å². The Hall–Kier alpha value is -2.44. The van der Waals surface area contributed by atoms with Crippen molar-refractivity contribution in [1.82, 2.24) is 19.4 Å². The number of aromatic amines is 1. The number of amides is 1. The number of aryl methyl sites for hydroxylation is 1. The summed E-state index contributed by atoms with van der Waals surface area (Å²) in [5.74, 6) is 0.749. The first kappa shape index (κ1) is 19.3. The van der Waals surface area contributed by atoms with E-state index in [-0.39, 0.29) is 17.2 Å². The van der Waals surface area contributed by atoms with Crippen LogP contribution in [0.2, 0.25) is 0 Å². The topological polar surface area (TPSA) is 88.1 Å². The van der Waals surface area contributed by atoms with Gasteiger partial charge >= 0.3 is 5.69 Å². The van der Waals surface area contributed by atoms with E-state index in [1.54, 1.807) is 6.07 Å². The second-order valence-corrected chi connectivity index (χ2v) is 8.11. The number of aromatic nitrogens is 3. The van der Waals surface area contributed by atoms with Crippen LogP contribution in [0.4, 0.5) is 0 Å². The maximum Gasteiger partial charge on any atom is 0.329 e. The molecule has 0 bridgehead atoms. The Bertz CT molecular complexity index is 979. The van der Waals surface area contributed by atoms with E-state index in [2.05, 4.69) is 23.8 Å². The summed E-state index contributed by atoms with van der Waals surface area (Å²) in [4.78, 5) is 46.9. The lowest BCUT2D eigenvalue weighted by molar-refractivity contribution is 0.0625. The molecule has 1 fully saturated rings. The maximum absolute atomic E-state index is 13.4. The molecule has 7 heteroatoms. The van der Waals surface area contributed by atoms with Crippen LogP contribution in [0.15, 0.2) is 15.7 Å². The lowest BCUT2D eigenvalue weighted by Crippen LogP contribution is -2.43. The molecule has 1 saturated heterocycles. The molecule has 2 unspecified atom stereocenters. The van der Waals surface area contributed by atoms with E-state index in [1.807, 2.05) is 25.7 Å². The summed E-state index contributed by atoms with van der Waals surface area (Å²) in [6, 6.07) is 1.72. The molecule has 1 N–H and O–H groups in total. The Kier molecular flexibility index (Phi) is 5.22. The number of piperidine rings is 1. The Balaban J connectivity index is 2.26. The highest BCUT2D eigenvalue weighted by Gasteiger charge is 2.29. The van der Waals surface area contributed by atoms with Crippen molar-refractivity contribution in [1.29, 1.82) is 0 Å². The van der Waals surface area contributed by atoms with Gasteiger partial charge in [0.2, 0.25) is 0 Å². The van der Waals surface area contributed by atoms with Gasteiger partial charge in [-0.15, -0.1) is 0 Å². The number of hydrogen-bond acceptors (Lipinski definition) is 4. The van der Waals surface area contributed by atoms with Crippen molar-refractivity contribution < 1.29 is 4.79 Å². The quantitative estimate of drug-likeness (QED) is 0.896. The number of nitrogens with zero attached hydrogens (tertiary/aromatic N) is 3. The smallest absolute Gasteiger partial charge is 0.329 e. The van der Waals surface area contributed by atoms with Crippen LogP contribution in [-0.2, 0) is 6.54 Å². The van der Waals surface area contributed by atoms with E-state index in [9.17, 15) is 14.4 Å². The number of H-pyrrole nitrogens is 1. The fraction of sp³-hybridized carbons (Fsp3) is 0.600. The summed E-state index contributed by atoms with van der Waals surface area (Å²) >= 11 is 0. The zero-order valence-corrected chi connectivity index (χ0v) is 16.7. The minimum Gasteiger partial charge on any atom is -0.338 e. The van der Waals surface area contributed by atoms with Crippen LogP contribution in [0.3, 0.4) is 0 Å². The number of likely N-dealkylation sites (tertiary alicyclic amines) is 1. The molecule has 0 spiro atoms. The Morgan fingerprint density at radius 2 is 1.89 bits per heavy atom. The standard InChI is InChI=1S/C20H28N4O3/c1-6-24-17-16(18(25)22-20(24)27)14(8-15(21-17)11(2)3)19(26)23-9-12(4)7-13(5)10-23/h8,11-13H,6-7,9-10H2,1-5H3,(H,22,25,27). The highest BCUT2D eigenvalue weighted by atomic mass is 16.2. The highest BCUT2D eigenvalue weighted by Crippen LogP contribution is 2.25. The molecule has 2 aromatic rings. The molecule has 0 radical (unpaired) electrons. The van der Waals surface area contributed by atoms with Crippen molar-refractivity contribution in [2.75, 3.05) is 13.1 Å². The van der Waals surface area contributed by atoms with Gasteiger partial charge in [0, 0.05) is 25.3 Å².